The minimum atomic E-state index is -1.34. The van der Waals surface area contributed by atoms with Crippen molar-refractivity contribution >= 4 is 35.1 Å². The zero-order chi connectivity index (χ0) is 28.5. The van der Waals surface area contributed by atoms with Crippen LogP contribution in [0.5, 0.6) is 0 Å². The van der Waals surface area contributed by atoms with Crippen molar-refractivity contribution in [3.05, 3.63) is 100 Å². The summed E-state index contributed by atoms with van der Waals surface area (Å²) in [6, 6.07) is 19.9. The number of benzene rings is 3. The van der Waals surface area contributed by atoms with Crippen molar-refractivity contribution in [3.63, 3.8) is 0 Å². The topological polar surface area (TPSA) is 108 Å². The highest BCUT2D eigenvalue weighted by Crippen LogP contribution is 2.22. The predicted octanol–water partition coefficient (Wildman–Crippen LogP) is 4.66. The van der Waals surface area contributed by atoms with Crippen LogP contribution in [0.1, 0.15) is 44.4 Å². The zero-order valence-corrected chi connectivity index (χ0v) is 22.9. The molecule has 3 aromatic carbocycles. The number of carbonyl (C=O) groups excluding carboxylic acids is 3. The Morgan fingerprint density at radius 1 is 0.900 bits per heavy atom. The number of nitrogens with two attached hydrogens (primary N) is 1. The van der Waals surface area contributed by atoms with Crippen molar-refractivity contribution in [3.8, 4) is 0 Å². The monoisotopic (exact) mass is 565 g/mol. The second kappa shape index (κ2) is 13.9. The van der Waals surface area contributed by atoms with Gasteiger partial charge in [0.2, 0.25) is 0 Å². The van der Waals surface area contributed by atoms with E-state index in [0.29, 0.717) is 60.0 Å². The second-order valence-corrected chi connectivity index (χ2v) is 10.1. The quantitative estimate of drug-likeness (QED) is 0.351. The van der Waals surface area contributed by atoms with Gasteiger partial charge >= 0.3 is 6.03 Å². The molecule has 4 N–H and O–H groups in total. The third kappa shape index (κ3) is 8.03. The van der Waals surface area contributed by atoms with Gasteiger partial charge in [-0.15, -0.1) is 0 Å². The minimum absolute atomic E-state index is 0.175. The fourth-order valence-electron chi connectivity index (χ4n) is 4.63. The van der Waals surface area contributed by atoms with Crippen molar-refractivity contribution in [1.82, 2.24) is 15.1 Å². The van der Waals surface area contributed by atoms with Crippen LogP contribution in [0, 0.1) is 0 Å². The van der Waals surface area contributed by atoms with Crippen LogP contribution in [-0.4, -0.2) is 66.9 Å². The average Bonchev–Trinajstić information content (AvgIpc) is 3.21. The molecule has 8 nitrogen and oxygen atoms in total. The molecule has 0 bridgehead atoms. The first-order valence-electron chi connectivity index (χ1n) is 13.2. The first-order valence-corrected chi connectivity index (χ1v) is 13.6. The van der Waals surface area contributed by atoms with Crippen molar-refractivity contribution in [2.45, 2.75) is 19.0 Å². The largest absolute Gasteiger partial charge is 0.351 e. The first-order chi connectivity index (χ1) is 19.3. The number of urea groups is 1. The van der Waals surface area contributed by atoms with Gasteiger partial charge in [0.1, 0.15) is 6.17 Å². The molecule has 0 saturated carbocycles. The molecular weight excluding hydrogens is 533 g/mol. The molecule has 1 aliphatic rings. The lowest BCUT2D eigenvalue weighted by molar-refractivity contribution is 0.0940. The molecule has 0 aromatic heterocycles. The van der Waals surface area contributed by atoms with Gasteiger partial charge in [-0.05, 0) is 60.8 Å². The molecule has 210 valence electrons. The highest BCUT2D eigenvalue weighted by molar-refractivity contribution is 6.31. The van der Waals surface area contributed by atoms with E-state index in [1.54, 1.807) is 77.7 Å². The van der Waals surface area contributed by atoms with Gasteiger partial charge in [0, 0.05) is 48.0 Å². The molecular formula is C30H33ClFN5O3. The molecule has 0 spiro atoms. The molecule has 1 aliphatic heterocycles. The van der Waals surface area contributed by atoms with Crippen molar-refractivity contribution in [1.29, 1.82) is 0 Å². The van der Waals surface area contributed by atoms with E-state index in [-0.39, 0.29) is 12.5 Å². The van der Waals surface area contributed by atoms with Gasteiger partial charge in [0.25, 0.3) is 11.8 Å². The number of carbonyl (C=O) groups is 3. The van der Waals surface area contributed by atoms with Crippen LogP contribution in [0.25, 0.3) is 0 Å². The van der Waals surface area contributed by atoms with Crippen LogP contribution in [0.2, 0.25) is 5.02 Å². The molecule has 1 atom stereocenters. The van der Waals surface area contributed by atoms with Gasteiger partial charge in [-0.2, -0.15) is 0 Å². The van der Waals surface area contributed by atoms with Gasteiger partial charge in [-0.25, -0.2) is 9.18 Å². The standard InChI is InChI=1S/C30H33ClFN5O3/c31-25-9-4-8-23(18-25)29(39)35-27-19-24(28(38)34-20-26(32)21-6-2-1-3-7-21)11-10-22(27)12-15-36-13-5-14-37(17-16-36)30(33)40/h1-4,6-11,18-19,26H,5,12-17,20H2,(H2,33,40)(H,34,38)(H,35,39). The lowest BCUT2D eigenvalue weighted by Gasteiger charge is -2.21. The highest BCUT2D eigenvalue weighted by atomic mass is 35.5. The number of nitrogens with one attached hydrogen (secondary N) is 2. The van der Waals surface area contributed by atoms with E-state index in [1.807, 2.05) is 0 Å². The number of hydrogen-bond donors (Lipinski definition) is 3. The molecule has 4 amide bonds. The van der Waals surface area contributed by atoms with E-state index in [9.17, 15) is 18.8 Å². The normalized spacial score (nSPS) is 14.7. The maximum Gasteiger partial charge on any atom is 0.314 e. The molecule has 1 unspecified atom stereocenters. The number of hydrogen-bond acceptors (Lipinski definition) is 4. The Labute approximate surface area is 238 Å². The van der Waals surface area contributed by atoms with Gasteiger partial charge in [0.15, 0.2) is 0 Å². The van der Waals surface area contributed by atoms with Crippen molar-refractivity contribution in [2.75, 3.05) is 44.6 Å². The fraction of sp³-hybridized carbons (Fsp3) is 0.300. The maximum atomic E-state index is 14.6. The highest BCUT2D eigenvalue weighted by Gasteiger charge is 2.19. The molecule has 10 heteroatoms. The molecule has 0 aliphatic carbocycles. The minimum Gasteiger partial charge on any atom is -0.351 e. The smallest absolute Gasteiger partial charge is 0.314 e. The van der Waals surface area contributed by atoms with Crippen molar-refractivity contribution in [2.24, 2.45) is 5.73 Å². The summed E-state index contributed by atoms with van der Waals surface area (Å²) in [6.45, 7) is 3.22. The summed E-state index contributed by atoms with van der Waals surface area (Å²) in [5.41, 5.74) is 7.95. The van der Waals surface area contributed by atoms with Gasteiger partial charge < -0.3 is 26.2 Å². The molecule has 0 radical (unpaired) electrons. The number of primary amides is 1. The van der Waals surface area contributed by atoms with Crippen LogP contribution in [0.4, 0.5) is 14.9 Å². The van der Waals surface area contributed by atoms with E-state index in [4.69, 9.17) is 17.3 Å². The van der Waals surface area contributed by atoms with Gasteiger partial charge in [-0.1, -0.05) is 54.1 Å². The molecule has 1 heterocycles. The molecule has 1 saturated heterocycles. The number of nitrogens with zero attached hydrogens (tertiary/aromatic N) is 2. The van der Waals surface area contributed by atoms with E-state index >= 15 is 0 Å². The summed E-state index contributed by atoms with van der Waals surface area (Å²) in [5, 5.41) is 6.00. The Morgan fingerprint density at radius 3 is 2.42 bits per heavy atom. The number of halogens is 2. The summed E-state index contributed by atoms with van der Waals surface area (Å²) >= 11 is 6.07. The third-order valence-corrected chi connectivity index (χ3v) is 7.14. The number of amides is 4. The lowest BCUT2D eigenvalue weighted by Crippen LogP contribution is -2.38. The van der Waals surface area contributed by atoms with E-state index < -0.39 is 18.1 Å². The summed E-state index contributed by atoms with van der Waals surface area (Å²) in [7, 11) is 0. The van der Waals surface area contributed by atoms with Gasteiger partial charge in [-0.3, -0.25) is 9.59 Å². The van der Waals surface area contributed by atoms with Crippen molar-refractivity contribution < 1.29 is 18.8 Å². The van der Waals surface area contributed by atoms with E-state index in [2.05, 4.69) is 15.5 Å². The predicted molar refractivity (Wildman–Crippen MR) is 154 cm³/mol. The Balaban J connectivity index is 1.48. The second-order valence-electron chi connectivity index (χ2n) is 9.70. The van der Waals surface area contributed by atoms with Crippen LogP contribution in [-0.2, 0) is 6.42 Å². The van der Waals surface area contributed by atoms with Crippen LogP contribution >= 0.6 is 11.6 Å². The number of rotatable bonds is 9. The average molecular weight is 566 g/mol. The Bertz CT molecular complexity index is 1340. The number of alkyl halides is 1. The lowest BCUT2D eigenvalue weighted by atomic mass is 10.0. The Kier molecular flexibility index (Phi) is 10.1. The summed E-state index contributed by atoms with van der Waals surface area (Å²) in [5.74, 6) is -0.802. The summed E-state index contributed by atoms with van der Waals surface area (Å²) in [6.07, 6.45) is 0.0777. The molecule has 3 aromatic rings. The third-order valence-electron chi connectivity index (χ3n) is 6.91. The fourth-order valence-corrected chi connectivity index (χ4v) is 4.82. The van der Waals surface area contributed by atoms with Gasteiger partial charge in [0.05, 0.1) is 6.54 Å². The zero-order valence-electron chi connectivity index (χ0n) is 22.1. The Morgan fingerprint density at radius 2 is 1.68 bits per heavy atom. The Hall–Kier alpha value is -3.95. The maximum absolute atomic E-state index is 14.6. The molecule has 40 heavy (non-hydrogen) atoms. The van der Waals surface area contributed by atoms with E-state index in [0.717, 1.165) is 18.5 Å². The summed E-state index contributed by atoms with van der Waals surface area (Å²) < 4.78 is 14.6. The first kappa shape index (κ1) is 29.0. The van der Waals surface area contributed by atoms with Crippen LogP contribution in [0.3, 0.4) is 0 Å². The molecule has 4 rings (SSSR count). The van der Waals surface area contributed by atoms with Crippen LogP contribution < -0.4 is 16.4 Å². The SMILES string of the molecule is NC(=O)N1CCCN(CCc2ccc(C(=O)NCC(F)c3ccccc3)cc2NC(=O)c2cccc(Cl)c2)CC1. The summed E-state index contributed by atoms with van der Waals surface area (Å²) in [4.78, 5) is 41.4. The van der Waals surface area contributed by atoms with Crippen LogP contribution in [0.15, 0.2) is 72.8 Å². The number of anilines is 1. The van der Waals surface area contributed by atoms with E-state index in [1.165, 1.54) is 0 Å². The molecule has 1 fully saturated rings.